The minimum atomic E-state index is -4.07. The molecule has 0 aliphatic carbocycles. The second-order valence-electron chi connectivity index (χ2n) is 7.01. The van der Waals surface area contributed by atoms with Crippen LogP contribution in [0, 0.1) is 0 Å². The van der Waals surface area contributed by atoms with Crippen LogP contribution in [0.15, 0.2) is 87.7 Å². The van der Waals surface area contributed by atoms with Crippen LogP contribution in [0.25, 0.3) is 6.08 Å². The van der Waals surface area contributed by atoms with Crippen LogP contribution in [0.2, 0.25) is 0 Å². The number of halogens is 1. The topological polar surface area (TPSA) is 130 Å². The lowest BCUT2D eigenvalue weighted by Gasteiger charge is -2.26. The maximum absolute atomic E-state index is 12.9. The van der Waals surface area contributed by atoms with Crippen molar-refractivity contribution in [3.8, 4) is 11.5 Å². The molecule has 34 heavy (non-hydrogen) atoms. The molecule has 11 heteroatoms. The number of nitrogens with one attached hydrogen (secondary N) is 1. The number of hydrogen-bond acceptors (Lipinski definition) is 7. The summed E-state index contributed by atoms with van der Waals surface area (Å²) < 4.78 is 30.4. The Balaban J connectivity index is 1.62. The average molecular weight is 543 g/mol. The van der Waals surface area contributed by atoms with Crippen molar-refractivity contribution in [3.63, 3.8) is 0 Å². The quantitative estimate of drug-likeness (QED) is 0.286. The molecule has 1 aliphatic rings. The zero-order valence-electron chi connectivity index (χ0n) is 17.1. The molecule has 9 nitrogen and oxygen atoms in total. The summed E-state index contributed by atoms with van der Waals surface area (Å²) in [5.41, 5.74) is 0.217. The fourth-order valence-corrected chi connectivity index (χ4v) is 4.64. The minimum Gasteiger partial charge on any atom is -0.508 e. The van der Waals surface area contributed by atoms with Crippen molar-refractivity contribution in [3.05, 3.63) is 88.4 Å². The number of urea groups is 1. The summed E-state index contributed by atoms with van der Waals surface area (Å²) in [6.45, 7) is 0. The number of benzene rings is 3. The van der Waals surface area contributed by atoms with Crippen molar-refractivity contribution in [2.24, 2.45) is 0 Å². The zero-order valence-corrected chi connectivity index (χ0v) is 19.5. The van der Waals surface area contributed by atoms with Crippen molar-refractivity contribution < 1.29 is 32.1 Å². The van der Waals surface area contributed by atoms with E-state index in [0.29, 0.717) is 5.56 Å². The summed E-state index contributed by atoms with van der Waals surface area (Å²) in [4.78, 5) is 38.3. The molecule has 0 radical (unpaired) electrons. The molecular formula is C23H15BrN2O7S. The number of phenols is 1. The lowest BCUT2D eigenvalue weighted by molar-refractivity contribution is -0.122. The van der Waals surface area contributed by atoms with Crippen LogP contribution in [0.4, 0.5) is 10.5 Å². The molecule has 2 N–H and O–H groups in total. The Morgan fingerprint density at radius 2 is 1.62 bits per heavy atom. The second-order valence-corrected chi connectivity index (χ2v) is 9.42. The number of nitrogens with zero attached hydrogens (tertiary/aromatic N) is 1. The first-order chi connectivity index (χ1) is 16.2. The second kappa shape index (κ2) is 9.12. The number of aromatic hydroxyl groups is 1. The van der Waals surface area contributed by atoms with Crippen molar-refractivity contribution in [2.45, 2.75) is 4.90 Å². The third kappa shape index (κ3) is 4.70. The number of hydrogen-bond donors (Lipinski definition) is 2. The maximum Gasteiger partial charge on any atom is 0.339 e. The molecule has 4 rings (SSSR count). The minimum absolute atomic E-state index is 0.00585. The average Bonchev–Trinajstić information content (AvgIpc) is 2.80. The normalized spacial score (nSPS) is 15.4. The van der Waals surface area contributed by atoms with Gasteiger partial charge in [0, 0.05) is 0 Å². The zero-order chi connectivity index (χ0) is 24.5. The molecule has 1 heterocycles. The highest BCUT2D eigenvalue weighted by Gasteiger charge is 2.36. The Morgan fingerprint density at radius 3 is 2.26 bits per heavy atom. The number of rotatable bonds is 5. The van der Waals surface area contributed by atoms with Gasteiger partial charge in [-0.05, 0) is 76.1 Å². The Bertz CT molecular complexity index is 1440. The van der Waals surface area contributed by atoms with Crippen molar-refractivity contribution in [1.82, 2.24) is 5.32 Å². The van der Waals surface area contributed by atoms with Gasteiger partial charge in [0.1, 0.15) is 16.2 Å². The molecule has 0 atom stereocenters. The number of imide groups is 2. The lowest BCUT2D eigenvalue weighted by Crippen LogP contribution is -2.54. The molecule has 1 saturated heterocycles. The van der Waals surface area contributed by atoms with E-state index in [2.05, 4.69) is 21.2 Å². The predicted molar refractivity (Wildman–Crippen MR) is 126 cm³/mol. The van der Waals surface area contributed by atoms with Crippen LogP contribution in [0.5, 0.6) is 11.5 Å². The van der Waals surface area contributed by atoms with E-state index < -0.39 is 28.0 Å². The molecule has 0 aromatic heterocycles. The molecule has 1 fully saturated rings. The Kier molecular flexibility index (Phi) is 6.22. The van der Waals surface area contributed by atoms with E-state index >= 15 is 0 Å². The largest absolute Gasteiger partial charge is 0.508 e. The lowest BCUT2D eigenvalue weighted by atomic mass is 10.1. The highest BCUT2D eigenvalue weighted by atomic mass is 79.9. The Morgan fingerprint density at radius 1 is 0.941 bits per heavy atom. The molecular weight excluding hydrogens is 528 g/mol. The summed E-state index contributed by atoms with van der Waals surface area (Å²) in [5, 5.41) is 11.5. The van der Waals surface area contributed by atoms with Gasteiger partial charge in [-0.3, -0.25) is 14.9 Å². The fourth-order valence-electron chi connectivity index (χ4n) is 3.09. The molecule has 0 bridgehead atoms. The first-order valence-corrected chi connectivity index (χ1v) is 11.9. The van der Waals surface area contributed by atoms with Crippen molar-refractivity contribution >= 4 is 55.7 Å². The third-order valence-electron chi connectivity index (χ3n) is 4.71. The summed E-state index contributed by atoms with van der Waals surface area (Å²) in [6, 6.07) is 16.3. The van der Waals surface area contributed by atoms with Gasteiger partial charge in [-0.25, -0.2) is 9.69 Å². The van der Waals surface area contributed by atoms with Gasteiger partial charge >= 0.3 is 16.1 Å². The smallest absolute Gasteiger partial charge is 0.339 e. The van der Waals surface area contributed by atoms with Crippen LogP contribution in [-0.4, -0.2) is 31.4 Å². The van der Waals surface area contributed by atoms with Crippen molar-refractivity contribution in [2.75, 3.05) is 4.90 Å². The molecule has 172 valence electrons. The molecule has 4 amide bonds. The van der Waals surface area contributed by atoms with Gasteiger partial charge in [0.05, 0.1) is 10.2 Å². The van der Waals surface area contributed by atoms with Crippen LogP contribution in [0.1, 0.15) is 5.56 Å². The van der Waals surface area contributed by atoms with E-state index in [0.717, 1.165) is 4.90 Å². The summed E-state index contributed by atoms with van der Waals surface area (Å²) in [5.74, 6) is -1.79. The summed E-state index contributed by atoms with van der Waals surface area (Å²) in [7, 11) is -4.07. The molecule has 0 unspecified atom stereocenters. The summed E-state index contributed by atoms with van der Waals surface area (Å²) >= 11 is 3.24. The first-order valence-electron chi connectivity index (χ1n) is 9.65. The van der Waals surface area contributed by atoms with Gasteiger partial charge in [-0.2, -0.15) is 8.42 Å². The van der Waals surface area contributed by atoms with E-state index in [1.54, 1.807) is 18.2 Å². The predicted octanol–water partition coefficient (Wildman–Crippen LogP) is 3.59. The highest BCUT2D eigenvalue weighted by molar-refractivity contribution is 9.10. The number of phenolic OH excluding ortho intramolecular Hbond substituents is 1. The van der Waals surface area contributed by atoms with Crippen LogP contribution >= 0.6 is 15.9 Å². The van der Waals surface area contributed by atoms with E-state index in [-0.39, 0.29) is 32.1 Å². The number of carbonyl (C=O) groups is 3. The van der Waals surface area contributed by atoms with E-state index in [9.17, 15) is 27.9 Å². The standard InChI is InChI=1S/C23H15BrN2O7S/c24-19-13-14(6-11-20(19)33-34(31,32)17-4-2-1-3-5-17)12-18-21(28)25-23(30)26(22(18)29)15-7-9-16(27)10-8-15/h1-13,27H,(H,25,28,30)/b18-12+. The van der Waals surface area contributed by atoms with Gasteiger partial charge < -0.3 is 9.29 Å². The van der Waals surface area contributed by atoms with Gasteiger partial charge in [0.25, 0.3) is 11.8 Å². The number of carbonyl (C=O) groups excluding carboxylic acids is 3. The van der Waals surface area contributed by atoms with Gasteiger partial charge in [0.2, 0.25) is 0 Å². The van der Waals surface area contributed by atoms with Crippen LogP contribution in [0.3, 0.4) is 0 Å². The van der Waals surface area contributed by atoms with E-state index in [4.69, 9.17) is 4.18 Å². The SMILES string of the molecule is O=C1NC(=O)N(c2ccc(O)cc2)C(=O)/C1=C/c1ccc(OS(=O)(=O)c2ccccc2)c(Br)c1. The third-order valence-corrected chi connectivity index (χ3v) is 6.58. The molecule has 3 aromatic rings. The van der Waals surface area contributed by atoms with E-state index in [1.165, 1.54) is 60.7 Å². The Hall–Kier alpha value is -3.96. The number of anilines is 1. The maximum atomic E-state index is 12.9. The molecule has 0 spiro atoms. The Labute approximate surface area is 202 Å². The molecule has 3 aromatic carbocycles. The van der Waals surface area contributed by atoms with Crippen molar-refractivity contribution in [1.29, 1.82) is 0 Å². The molecule has 1 aliphatic heterocycles. The van der Waals surface area contributed by atoms with Crippen LogP contribution < -0.4 is 14.4 Å². The fraction of sp³-hybridized carbons (Fsp3) is 0. The summed E-state index contributed by atoms with van der Waals surface area (Å²) in [6.07, 6.45) is 1.26. The number of amides is 4. The van der Waals surface area contributed by atoms with Gasteiger partial charge in [-0.1, -0.05) is 24.3 Å². The van der Waals surface area contributed by atoms with E-state index in [1.807, 2.05) is 0 Å². The highest BCUT2D eigenvalue weighted by Crippen LogP contribution is 2.30. The van der Waals surface area contributed by atoms with Crippen LogP contribution in [-0.2, 0) is 19.7 Å². The van der Waals surface area contributed by atoms with Gasteiger partial charge in [-0.15, -0.1) is 0 Å². The first kappa shape index (κ1) is 23.2. The monoisotopic (exact) mass is 542 g/mol. The van der Waals surface area contributed by atoms with Gasteiger partial charge in [0.15, 0.2) is 5.75 Å². The molecule has 0 saturated carbocycles. The number of barbiturate groups is 1.